The highest BCUT2D eigenvalue weighted by atomic mass is 28.4. The summed E-state index contributed by atoms with van der Waals surface area (Å²) in [5, 5.41) is 0. The first-order valence-corrected chi connectivity index (χ1v) is 26.0. The van der Waals surface area contributed by atoms with E-state index in [2.05, 4.69) is 20.8 Å². The van der Waals surface area contributed by atoms with Crippen molar-refractivity contribution in [3.63, 3.8) is 0 Å². The predicted molar refractivity (Wildman–Crippen MR) is 231 cm³/mol. The summed E-state index contributed by atoms with van der Waals surface area (Å²) in [5.74, 6) is -0.514. The molecule has 0 aromatic carbocycles. The number of carbonyl (C=O) groups is 2. The van der Waals surface area contributed by atoms with E-state index >= 15 is 0 Å². The summed E-state index contributed by atoms with van der Waals surface area (Å²) in [7, 11) is -1.83. The zero-order chi connectivity index (χ0) is 38.8. The molecule has 0 aliphatic carbocycles. The van der Waals surface area contributed by atoms with Crippen molar-refractivity contribution in [1.82, 2.24) is 0 Å². The van der Waals surface area contributed by atoms with E-state index in [1.165, 1.54) is 199 Å². The minimum Gasteiger partial charge on any atom is -0.464 e. The maximum Gasteiger partial charge on any atom is 0.635 e. The van der Waals surface area contributed by atoms with Gasteiger partial charge >= 0.3 is 8.80 Å². The first-order valence-electron chi connectivity index (χ1n) is 24.0. The zero-order valence-electron chi connectivity index (χ0n) is 36.5. The Hall–Kier alpha value is -0.883. The molecule has 0 radical (unpaired) electrons. The summed E-state index contributed by atoms with van der Waals surface area (Å²) in [5.41, 5.74) is 0. The van der Waals surface area contributed by atoms with Crippen LogP contribution in [0.3, 0.4) is 0 Å². The molecular formula is C47H94O5Si. The molecule has 0 aliphatic heterocycles. The Morgan fingerprint density at radius 1 is 0.321 bits per heavy atom. The largest absolute Gasteiger partial charge is 0.635 e. The Bertz CT molecular complexity index is 711. The molecule has 53 heavy (non-hydrogen) atoms. The van der Waals surface area contributed by atoms with E-state index in [1.54, 1.807) is 7.11 Å². The normalized spacial score (nSPS) is 11.7. The predicted octanol–water partition coefficient (Wildman–Crippen LogP) is 16.3. The van der Waals surface area contributed by atoms with Crippen molar-refractivity contribution in [2.75, 3.05) is 7.11 Å². The van der Waals surface area contributed by atoms with Gasteiger partial charge in [-0.05, 0) is 19.3 Å². The van der Waals surface area contributed by atoms with E-state index in [0.717, 1.165) is 44.9 Å². The molecule has 0 saturated heterocycles. The highest BCUT2D eigenvalue weighted by Gasteiger charge is 2.47. The van der Waals surface area contributed by atoms with Crippen LogP contribution in [0.1, 0.15) is 278 Å². The van der Waals surface area contributed by atoms with Crippen molar-refractivity contribution in [2.45, 2.75) is 284 Å². The van der Waals surface area contributed by atoms with Gasteiger partial charge in [0.15, 0.2) is 0 Å². The molecule has 0 amide bonds. The fraction of sp³-hybridized carbons (Fsp3) is 0.957. The first-order chi connectivity index (χ1) is 26.0. The molecule has 0 aliphatic rings. The molecule has 0 spiro atoms. The molecule has 0 N–H and O–H groups in total. The number of carbonyl (C=O) groups excluding carboxylic acids is 2. The van der Waals surface area contributed by atoms with Gasteiger partial charge in [0.1, 0.15) is 0 Å². The molecule has 0 heterocycles. The number of hydrogen-bond acceptors (Lipinski definition) is 5. The third-order valence-corrected chi connectivity index (χ3v) is 13.8. The van der Waals surface area contributed by atoms with Gasteiger partial charge in [0, 0.05) is 26.0 Å². The Morgan fingerprint density at radius 3 is 0.755 bits per heavy atom. The Balaban J connectivity index is 4.33. The smallest absolute Gasteiger partial charge is 0.464 e. The maximum atomic E-state index is 13.0. The Morgan fingerprint density at radius 2 is 0.528 bits per heavy atom. The van der Waals surface area contributed by atoms with Gasteiger partial charge in [-0.25, -0.2) is 0 Å². The van der Waals surface area contributed by atoms with Crippen molar-refractivity contribution < 1.29 is 22.9 Å². The van der Waals surface area contributed by atoms with Crippen LogP contribution in [0.25, 0.3) is 0 Å². The Labute approximate surface area is 333 Å². The molecule has 0 unspecified atom stereocenters. The number of unbranched alkanes of at least 4 members (excludes halogenated alkanes) is 35. The molecular weight excluding hydrogens is 673 g/mol. The molecule has 0 atom stereocenters. The van der Waals surface area contributed by atoms with Gasteiger partial charge in [-0.1, -0.05) is 245 Å². The fourth-order valence-electron chi connectivity index (χ4n) is 7.51. The summed E-state index contributed by atoms with van der Waals surface area (Å²) in [4.78, 5) is 26.0. The number of rotatable bonds is 44. The second-order valence-electron chi connectivity index (χ2n) is 16.5. The van der Waals surface area contributed by atoms with Crippen LogP contribution in [0.5, 0.6) is 0 Å². The molecule has 0 saturated carbocycles. The van der Waals surface area contributed by atoms with Crippen LogP contribution < -0.4 is 0 Å². The van der Waals surface area contributed by atoms with Gasteiger partial charge < -0.3 is 13.3 Å². The summed E-state index contributed by atoms with van der Waals surface area (Å²) in [6.45, 7) is 6.81. The lowest BCUT2D eigenvalue weighted by atomic mass is 10.0. The zero-order valence-corrected chi connectivity index (χ0v) is 37.5. The molecule has 0 aromatic heterocycles. The van der Waals surface area contributed by atoms with Gasteiger partial charge in [-0.2, -0.15) is 0 Å². The third-order valence-electron chi connectivity index (χ3n) is 11.2. The van der Waals surface area contributed by atoms with Gasteiger partial charge in [0.05, 0.1) is 0 Å². The highest BCUT2D eigenvalue weighted by molar-refractivity contribution is 6.64. The summed E-state index contributed by atoms with van der Waals surface area (Å²) < 4.78 is 17.8. The van der Waals surface area contributed by atoms with Crippen molar-refractivity contribution in [1.29, 1.82) is 0 Å². The van der Waals surface area contributed by atoms with Gasteiger partial charge in [-0.15, -0.1) is 0 Å². The minimum atomic E-state index is -3.39. The lowest BCUT2D eigenvalue weighted by molar-refractivity contribution is -0.145. The second-order valence-corrected chi connectivity index (χ2v) is 19.1. The van der Waals surface area contributed by atoms with Gasteiger partial charge in [-0.3, -0.25) is 9.59 Å². The summed E-state index contributed by atoms with van der Waals surface area (Å²) in [6, 6.07) is 0.535. The lowest BCUT2D eigenvalue weighted by Gasteiger charge is -2.27. The molecule has 0 aromatic rings. The average Bonchev–Trinajstić information content (AvgIpc) is 3.15. The van der Waals surface area contributed by atoms with Crippen LogP contribution in [0, 0.1) is 0 Å². The van der Waals surface area contributed by atoms with Crippen molar-refractivity contribution in [3.05, 3.63) is 0 Å². The van der Waals surface area contributed by atoms with Crippen molar-refractivity contribution in [3.8, 4) is 0 Å². The van der Waals surface area contributed by atoms with Gasteiger partial charge in [0.25, 0.3) is 11.9 Å². The molecule has 0 rings (SSSR count). The Kier molecular flexibility index (Phi) is 41.6. The maximum absolute atomic E-state index is 13.0. The highest BCUT2D eigenvalue weighted by Crippen LogP contribution is 2.23. The fourth-order valence-corrected chi connectivity index (χ4v) is 9.71. The summed E-state index contributed by atoms with van der Waals surface area (Å²) >= 11 is 0. The lowest BCUT2D eigenvalue weighted by Crippen LogP contribution is -2.48. The number of hydrogen-bond donors (Lipinski definition) is 0. The van der Waals surface area contributed by atoms with Crippen LogP contribution in [0.15, 0.2) is 0 Å². The van der Waals surface area contributed by atoms with Crippen LogP contribution in [-0.4, -0.2) is 27.9 Å². The van der Waals surface area contributed by atoms with Crippen LogP contribution in [0.2, 0.25) is 6.04 Å². The minimum absolute atomic E-state index is 0.257. The molecule has 316 valence electrons. The topological polar surface area (TPSA) is 61.8 Å². The molecule has 0 bridgehead atoms. The van der Waals surface area contributed by atoms with Crippen LogP contribution in [-0.2, 0) is 22.9 Å². The average molecular weight is 767 g/mol. The monoisotopic (exact) mass is 767 g/mol. The SMILES string of the molecule is CCCCCCCCCCCCCCCCCC(=O)O[Si](CCCCCCCCCC)(OC)OC(=O)CCCCCCCCCCCCCCCCC. The standard InChI is InChI=1S/C47H94O5Si/c1-5-8-11-14-17-20-22-24-26-28-30-32-34-37-40-43-46(48)51-53(50-4,45-42-39-36-19-16-13-10-7-3)52-47(49)44-41-38-35-33-31-29-27-25-23-21-18-15-12-9-6-2/h5-45H2,1-4H3. The van der Waals surface area contributed by atoms with Crippen molar-refractivity contribution in [2.24, 2.45) is 0 Å². The van der Waals surface area contributed by atoms with Gasteiger partial charge in [0.2, 0.25) is 0 Å². The summed E-state index contributed by atoms with van der Waals surface area (Å²) in [6.07, 6.45) is 49.1. The quantitative estimate of drug-likeness (QED) is 0.0456. The molecule has 5 nitrogen and oxygen atoms in total. The van der Waals surface area contributed by atoms with E-state index in [-0.39, 0.29) is 11.9 Å². The van der Waals surface area contributed by atoms with Crippen LogP contribution in [0.4, 0.5) is 0 Å². The van der Waals surface area contributed by atoms with E-state index in [9.17, 15) is 9.59 Å². The van der Waals surface area contributed by atoms with E-state index in [1.807, 2.05) is 0 Å². The van der Waals surface area contributed by atoms with E-state index in [4.69, 9.17) is 13.3 Å². The second kappa shape index (κ2) is 42.3. The van der Waals surface area contributed by atoms with E-state index in [0.29, 0.717) is 18.9 Å². The third kappa shape index (κ3) is 37.8. The van der Waals surface area contributed by atoms with Crippen LogP contribution >= 0.6 is 0 Å². The molecule has 6 heteroatoms. The first kappa shape index (κ1) is 52.1. The molecule has 0 fully saturated rings. The van der Waals surface area contributed by atoms with E-state index < -0.39 is 8.80 Å². The van der Waals surface area contributed by atoms with Crippen molar-refractivity contribution >= 4 is 20.7 Å².